The first-order valence-corrected chi connectivity index (χ1v) is 8.85. The molecule has 0 radical (unpaired) electrons. The smallest absolute Gasteiger partial charge is 0.255 e. The zero-order valence-electron chi connectivity index (χ0n) is 15.3. The van der Waals surface area contributed by atoms with Crippen LogP contribution in [-0.4, -0.2) is 18.7 Å². The third-order valence-electron chi connectivity index (χ3n) is 4.68. The summed E-state index contributed by atoms with van der Waals surface area (Å²) < 4.78 is 5.12. The summed E-state index contributed by atoms with van der Waals surface area (Å²) in [6, 6.07) is 21.2. The number of rotatable bonds is 4. The fourth-order valence-corrected chi connectivity index (χ4v) is 3.15. The fraction of sp³-hybridized carbons (Fsp3) is 0.130. The highest BCUT2D eigenvalue weighted by molar-refractivity contribution is 6.07. The van der Waals surface area contributed by atoms with E-state index in [9.17, 15) is 4.79 Å². The molecule has 1 heterocycles. The summed E-state index contributed by atoms with van der Waals surface area (Å²) in [5, 5.41) is 2.92. The number of nitrogens with zero attached hydrogens (tertiary/aromatic N) is 1. The molecule has 4 nitrogen and oxygen atoms in total. The number of nitrogens with one attached hydrogen (secondary N) is 1. The van der Waals surface area contributed by atoms with Crippen molar-refractivity contribution in [1.29, 1.82) is 0 Å². The highest BCUT2D eigenvalue weighted by Crippen LogP contribution is 2.30. The van der Waals surface area contributed by atoms with Crippen molar-refractivity contribution in [1.82, 2.24) is 0 Å². The molecule has 4 rings (SSSR count). The second kappa shape index (κ2) is 7.08. The Morgan fingerprint density at radius 3 is 2.44 bits per heavy atom. The van der Waals surface area contributed by atoms with Crippen LogP contribution in [0.1, 0.15) is 27.0 Å². The highest BCUT2D eigenvalue weighted by Gasteiger charge is 2.16. The van der Waals surface area contributed by atoms with Crippen molar-refractivity contribution in [3.05, 3.63) is 89.0 Å². The minimum absolute atomic E-state index is 0.147. The van der Waals surface area contributed by atoms with Gasteiger partial charge >= 0.3 is 0 Å². The average Bonchev–Trinajstić information content (AvgIpc) is 3.11. The summed E-state index contributed by atoms with van der Waals surface area (Å²) in [7, 11) is 1.60. The second-order valence-electron chi connectivity index (χ2n) is 6.63. The molecular weight excluding hydrogens is 336 g/mol. The Hall–Kier alpha value is -3.40. The average molecular weight is 356 g/mol. The Balaban J connectivity index is 1.46. The molecule has 4 heteroatoms. The number of anilines is 1. The van der Waals surface area contributed by atoms with E-state index in [1.165, 1.54) is 11.1 Å². The molecule has 0 aromatic heterocycles. The Morgan fingerprint density at radius 1 is 1.00 bits per heavy atom. The molecule has 0 bridgehead atoms. The van der Waals surface area contributed by atoms with E-state index in [0.29, 0.717) is 5.56 Å². The molecule has 3 aromatic carbocycles. The maximum Gasteiger partial charge on any atom is 0.255 e. The molecule has 0 saturated heterocycles. The fourth-order valence-electron chi connectivity index (χ4n) is 3.15. The summed E-state index contributed by atoms with van der Waals surface area (Å²) in [5.41, 5.74) is 7.01. The minimum Gasteiger partial charge on any atom is -0.497 e. The van der Waals surface area contributed by atoms with Crippen LogP contribution in [-0.2, 0) is 6.42 Å². The molecule has 27 heavy (non-hydrogen) atoms. The maximum absolute atomic E-state index is 12.4. The molecule has 134 valence electrons. The molecule has 1 N–H and O–H groups in total. The standard InChI is InChI=1S/C23H20N2O2/c1-15-3-4-18-14-22(25-21(18)13-15)16-5-9-19(10-6-16)24-23(26)17-7-11-20(27-2)12-8-17/h3-13H,14H2,1-2H3,(H,24,26). The zero-order valence-corrected chi connectivity index (χ0v) is 15.3. The van der Waals surface area contributed by atoms with Crippen molar-refractivity contribution >= 4 is 23.0 Å². The van der Waals surface area contributed by atoms with Crippen LogP contribution in [0.5, 0.6) is 5.75 Å². The van der Waals surface area contributed by atoms with Gasteiger partial charge in [-0.2, -0.15) is 0 Å². The van der Waals surface area contributed by atoms with Gasteiger partial charge < -0.3 is 10.1 Å². The Kier molecular flexibility index (Phi) is 4.47. The monoisotopic (exact) mass is 356 g/mol. The number of hydrogen-bond donors (Lipinski definition) is 1. The predicted octanol–water partition coefficient (Wildman–Crippen LogP) is 4.93. The van der Waals surface area contributed by atoms with Gasteiger partial charge in [0.15, 0.2) is 0 Å². The molecule has 0 atom stereocenters. The van der Waals surface area contributed by atoms with Gasteiger partial charge in [-0.15, -0.1) is 0 Å². The molecule has 0 fully saturated rings. The van der Waals surface area contributed by atoms with Gasteiger partial charge in [0.05, 0.1) is 18.5 Å². The van der Waals surface area contributed by atoms with Crippen LogP contribution in [0.4, 0.5) is 11.4 Å². The quantitative estimate of drug-likeness (QED) is 0.720. The van der Waals surface area contributed by atoms with Gasteiger partial charge in [0.1, 0.15) is 5.75 Å². The largest absolute Gasteiger partial charge is 0.497 e. The molecular formula is C23H20N2O2. The molecule has 0 spiro atoms. The summed E-state index contributed by atoms with van der Waals surface area (Å²) in [5.74, 6) is 0.580. The number of aliphatic imine (C=N–C) groups is 1. The number of benzene rings is 3. The van der Waals surface area contributed by atoms with Crippen molar-refractivity contribution in [2.75, 3.05) is 12.4 Å². The third kappa shape index (κ3) is 3.60. The molecule has 1 amide bonds. The highest BCUT2D eigenvalue weighted by atomic mass is 16.5. The van der Waals surface area contributed by atoms with Crippen molar-refractivity contribution in [2.24, 2.45) is 4.99 Å². The third-order valence-corrected chi connectivity index (χ3v) is 4.68. The summed E-state index contributed by atoms with van der Waals surface area (Å²) in [6.07, 6.45) is 0.840. The lowest BCUT2D eigenvalue weighted by molar-refractivity contribution is 0.102. The van der Waals surface area contributed by atoms with Crippen LogP contribution < -0.4 is 10.1 Å². The number of ether oxygens (including phenoxy) is 1. The summed E-state index contributed by atoms with van der Waals surface area (Å²) in [4.78, 5) is 17.1. The van der Waals surface area contributed by atoms with E-state index >= 15 is 0 Å². The van der Waals surface area contributed by atoms with Crippen molar-refractivity contribution in [3.8, 4) is 5.75 Å². The SMILES string of the molecule is COc1ccc(C(=O)Nc2ccc(C3=Nc4cc(C)ccc4C3)cc2)cc1. The Morgan fingerprint density at radius 2 is 1.74 bits per heavy atom. The van der Waals surface area contributed by atoms with E-state index in [-0.39, 0.29) is 5.91 Å². The van der Waals surface area contributed by atoms with Gasteiger partial charge in [0, 0.05) is 17.7 Å². The van der Waals surface area contributed by atoms with Crippen LogP contribution >= 0.6 is 0 Å². The second-order valence-corrected chi connectivity index (χ2v) is 6.63. The minimum atomic E-state index is -0.147. The van der Waals surface area contributed by atoms with E-state index in [4.69, 9.17) is 9.73 Å². The van der Waals surface area contributed by atoms with Crippen molar-refractivity contribution in [2.45, 2.75) is 13.3 Å². The van der Waals surface area contributed by atoms with Crippen molar-refractivity contribution < 1.29 is 9.53 Å². The molecule has 0 aliphatic carbocycles. The van der Waals surface area contributed by atoms with Gasteiger partial charge in [-0.3, -0.25) is 9.79 Å². The Labute approximate surface area is 158 Å². The lowest BCUT2D eigenvalue weighted by Crippen LogP contribution is -2.12. The lowest BCUT2D eigenvalue weighted by Gasteiger charge is -2.07. The zero-order chi connectivity index (χ0) is 18.8. The van der Waals surface area contributed by atoms with Crippen LogP contribution in [0, 0.1) is 6.92 Å². The summed E-state index contributed by atoms with van der Waals surface area (Å²) in [6.45, 7) is 2.08. The van der Waals surface area contributed by atoms with E-state index in [0.717, 1.165) is 34.8 Å². The number of carbonyl (C=O) groups excluding carboxylic acids is 1. The number of carbonyl (C=O) groups is 1. The molecule has 1 aliphatic rings. The normalized spacial score (nSPS) is 12.3. The topological polar surface area (TPSA) is 50.7 Å². The van der Waals surface area contributed by atoms with Gasteiger partial charge in [-0.1, -0.05) is 24.3 Å². The van der Waals surface area contributed by atoms with E-state index in [1.54, 1.807) is 31.4 Å². The van der Waals surface area contributed by atoms with Gasteiger partial charge in [-0.25, -0.2) is 0 Å². The Bertz CT molecular complexity index is 1020. The van der Waals surface area contributed by atoms with Crippen LogP contribution in [0.25, 0.3) is 0 Å². The van der Waals surface area contributed by atoms with Gasteiger partial charge in [0.2, 0.25) is 0 Å². The van der Waals surface area contributed by atoms with Crippen molar-refractivity contribution in [3.63, 3.8) is 0 Å². The lowest BCUT2D eigenvalue weighted by atomic mass is 10.0. The first-order valence-electron chi connectivity index (χ1n) is 8.85. The molecule has 1 aliphatic heterocycles. The summed E-state index contributed by atoms with van der Waals surface area (Å²) >= 11 is 0. The van der Waals surface area contributed by atoms with Crippen LogP contribution in [0.15, 0.2) is 71.7 Å². The first kappa shape index (κ1) is 17.0. The van der Waals surface area contributed by atoms with E-state index in [1.807, 2.05) is 24.3 Å². The van der Waals surface area contributed by atoms with Gasteiger partial charge in [0.25, 0.3) is 5.91 Å². The van der Waals surface area contributed by atoms with Gasteiger partial charge in [-0.05, 0) is 66.1 Å². The first-order chi connectivity index (χ1) is 13.1. The van der Waals surface area contributed by atoms with Crippen LogP contribution in [0.3, 0.4) is 0 Å². The number of methoxy groups -OCH3 is 1. The molecule has 3 aromatic rings. The number of hydrogen-bond acceptors (Lipinski definition) is 3. The number of aryl methyl sites for hydroxylation is 1. The van der Waals surface area contributed by atoms with Crippen LogP contribution in [0.2, 0.25) is 0 Å². The number of amides is 1. The predicted molar refractivity (Wildman–Crippen MR) is 108 cm³/mol. The number of fused-ring (bicyclic) bond motifs is 1. The molecule has 0 saturated carbocycles. The maximum atomic E-state index is 12.4. The van der Waals surface area contributed by atoms with E-state index in [2.05, 4.69) is 30.4 Å². The van der Waals surface area contributed by atoms with E-state index < -0.39 is 0 Å². The molecule has 0 unspecified atom stereocenters.